The Morgan fingerprint density at radius 1 is 1.10 bits per heavy atom. The zero-order chi connectivity index (χ0) is 14.6. The molecular formula is C15H24F3NO. The predicted molar refractivity (Wildman–Crippen MR) is 71.4 cm³/mol. The predicted octanol–water partition coefficient (Wildman–Crippen LogP) is 3.80. The van der Waals surface area contributed by atoms with Gasteiger partial charge in [-0.2, -0.15) is 13.2 Å². The molecule has 2 aliphatic rings. The molecule has 1 saturated carbocycles. The van der Waals surface area contributed by atoms with Crippen LogP contribution in [0, 0.1) is 11.3 Å². The lowest BCUT2D eigenvalue weighted by Crippen LogP contribution is -2.47. The molecule has 0 radical (unpaired) electrons. The number of hydrogen-bond acceptors (Lipinski definition) is 2. The molecule has 5 heteroatoms. The van der Waals surface area contributed by atoms with Gasteiger partial charge in [-0.05, 0) is 32.2 Å². The Balaban J connectivity index is 1.98. The first-order valence-electron chi connectivity index (χ1n) is 7.71. The van der Waals surface area contributed by atoms with Crippen molar-refractivity contribution >= 4 is 6.29 Å². The average Bonchev–Trinajstić information content (AvgIpc) is 2.64. The highest BCUT2D eigenvalue weighted by Crippen LogP contribution is 2.37. The molecule has 1 aliphatic heterocycles. The number of carbonyl (C=O) groups is 1. The van der Waals surface area contributed by atoms with Crippen molar-refractivity contribution in [3.63, 3.8) is 0 Å². The third kappa shape index (κ3) is 3.96. The van der Waals surface area contributed by atoms with Gasteiger partial charge in [-0.15, -0.1) is 0 Å². The maximum Gasteiger partial charge on any atom is 0.393 e. The second-order valence-electron chi connectivity index (χ2n) is 6.51. The van der Waals surface area contributed by atoms with Gasteiger partial charge in [-0.3, -0.25) is 0 Å². The number of nitrogens with zero attached hydrogens (tertiary/aromatic N) is 1. The monoisotopic (exact) mass is 291 g/mol. The van der Waals surface area contributed by atoms with Gasteiger partial charge in [-0.25, -0.2) is 0 Å². The maximum atomic E-state index is 12.8. The number of hydrogen-bond donors (Lipinski definition) is 0. The normalized spacial score (nSPS) is 28.9. The highest BCUT2D eigenvalue weighted by molar-refractivity contribution is 5.59. The maximum absolute atomic E-state index is 12.8. The molecule has 1 heterocycles. The Bertz CT molecular complexity index is 322. The molecular weight excluding hydrogens is 267 g/mol. The van der Waals surface area contributed by atoms with Crippen LogP contribution < -0.4 is 0 Å². The first-order valence-corrected chi connectivity index (χ1v) is 7.71. The number of aldehydes is 1. The minimum absolute atomic E-state index is 0.0685. The van der Waals surface area contributed by atoms with Crippen LogP contribution in [-0.2, 0) is 4.79 Å². The van der Waals surface area contributed by atoms with Crippen LogP contribution >= 0.6 is 0 Å². The highest BCUT2D eigenvalue weighted by Gasteiger charge is 2.43. The molecule has 1 atom stereocenters. The fourth-order valence-electron chi connectivity index (χ4n) is 3.66. The van der Waals surface area contributed by atoms with Gasteiger partial charge in [0.25, 0.3) is 0 Å². The molecule has 0 N–H and O–H groups in total. The molecule has 2 fully saturated rings. The van der Waals surface area contributed by atoms with Crippen molar-refractivity contribution < 1.29 is 18.0 Å². The van der Waals surface area contributed by atoms with Crippen molar-refractivity contribution in [3.8, 4) is 0 Å². The summed E-state index contributed by atoms with van der Waals surface area (Å²) in [5, 5.41) is 0. The Morgan fingerprint density at radius 2 is 1.75 bits per heavy atom. The second-order valence-corrected chi connectivity index (χ2v) is 6.51. The summed E-state index contributed by atoms with van der Waals surface area (Å²) in [6, 6.07) is 0. The Labute approximate surface area is 118 Å². The summed E-state index contributed by atoms with van der Waals surface area (Å²) >= 11 is 0. The van der Waals surface area contributed by atoms with E-state index in [-0.39, 0.29) is 13.0 Å². The van der Waals surface area contributed by atoms with Crippen LogP contribution in [0.3, 0.4) is 0 Å². The Kier molecular flexibility index (Phi) is 5.10. The zero-order valence-corrected chi connectivity index (χ0v) is 11.9. The van der Waals surface area contributed by atoms with E-state index in [0.717, 1.165) is 44.8 Å². The molecule has 0 amide bonds. The van der Waals surface area contributed by atoms with Crippen molar-refractivity contribution in [2.45, 2.75) is 57.5 Å². The lowest BCUT2D eigenvalue weighted by Gasteiger charge is -2.39. The molecule has 0 bridgehead atoms. The fraction of sp³-hybridized carbons (Fsp3) is 0.933. The lowest BCUT2D eigenvalue weighted by atomic mass is 9.80. The summed E-state index contributed by atoms with van der Waals surface area (Å²) in [6.45, 7) is 1.28. The number of likely N-dealkylation sites (tertiary alicyclic amines) is 1. The van der Waals surface area contributed by atoms with E-state index in [1.54, 1.807) is 0 Å². The topological polar surface area (TPSA) is 20.3 Å². The molecule has 1 unspecified atom stereocenters. The summed E-state index contributed by atoms with van der Waals surface area (Å²) in [6.07, 6.45) is 3.73. The van der Waals surface area contributed by atoms with Gasteiger partial charge >= 0.3 is 6.18 Å². The quantitative estimate of drug-likeness (QED) is 0.582. The number of carbonyl (C=O) groups excluding carboxylic acids is 1. The van der Waals surface area contributed by atoms with Crippen molar-refractivity contribution in [1.29, 1.82) is 0 Å². The minimum Gasteiger partial charge on any atom is -0.303 e. The average molecular weight is 291 g/mol. The number of piperidine rings is 1. The van der Waals surface area contributed by atoms with Gasteiger partial charge < -0.3 is 9.69 Å². The SMILES string of the molecule is O=CC1(CN2CCCC(C(F)(F)F)C2)CCCCCC1. The Hall–Kier alpha value is -0.580. The first kappa shape index (κ1) is 15.8. The lowest BCUT2D eigenvalue weighted by molar-refractivity contribution is -0.187. The van der Waals surface area contributed by atoms with Crippen LogP contribution in [0.15, 0.2) is 0 Å². The third-order valence-corrected chi connectivity index (χ3v) is 4.86. The van der Waals surface area contributed by atoms with Gasteiger partial charge in [0, 0.05) is 18.5 Å². The minimum atomic E-state index is -4.10. The molecule has 0 aromatic rings. The molecule has 116 valence electrons. The van der Waals surface area contributed by atoms with Crippen LogP contribution in [0.5, 0.6) is 0 Å². The first-order chi connectivity index (χ1) is 9.45. The van der Waals surface area contributed by atoms with Gasteiger partial charge in [0.05, 0.1) is 5.92 Å². The van der Waals surface area contributed by atoms with Crippen molar-refractivity contribution in [3.05, 3.63) is 0 Å². The van der Waals surface area contributed by atoms with Crippen LogP contribution in [-0.4, -0.2) is 37.0 Å². The van der Waals surface area contributed by atoms with Crippen LogP contribution in [0.25, 0.3) is 0 Å². The number of alkyl halides is 3. The number of halogens is 3. The highest BCUT2D eigenvalue weighted by atomic mass is 19.4. The van der Waals surface area contributed by atoms with Gasteiger partial charge in [-0.1, -0.05) is 25.7 Å². The number of rotatable bonds is 3. The van der Waals surface area contributed by atoms with Crippen molar-refractivity contribution in [1.82, 2.24) is 4.90 Å². The van der Waals surface area contributed by atoms with Crippen molar-refractivity contribution in [2.75, 3.05) is 19.6 Å². The summed E-state index contributed by atoms with van der Waals surface area (Å²) in [5.41, 5.74) is -0.399. The summed E-state index contributed by atoms with van der Waals surface area (Å²) in [7, 11) is 0. The molecule has 0 aromatic carbocycles. The molecule has 1 saturated heterocycles. The molecule has 2 rings (SSSR count). The van der Waals surface area contributed by atoms with E-state index in [1.165, 1.54) is 0 Å². The van der Waals surface area contributed by atoms with Crippen LogP contribution in [0.1, 0.15) is 51.4 Å². The smallest absolute Gasteiger partial charge is 0.303 e. The van der Waals surface area contributed by atoms with Gasteiger partial charge in [0.1, 0.15) is 6.29 Å². The van der Waals surface area contributed by atoms with E-state index >= 15 is 0 Å². The van der Waals surface area contributed by atoms with E-state index in [0.29, 0.717) is 19.5 Å². The summed E-state index contributed by atoms with van der Waals surface area (Å²) in [4.78, 5) is 13.4. The second kappa shape index (κ2) is 6.46. The molecule has 1 aliphatic carbocycles. The summed E-state index contributed by atoms with van der Waals surface area (Å²) in [5.74, 6) is -1.22. The van der Waals surface area contributed by atoms with E-state index in [2.05, 4.69) is 0 Å². The standard InChI is InChI=1S/C15H24F3NO/c16-15(17,18)13-6-5-9-19(10-13)11-14(12-20)7-3-1-2-4-8-14/h12-13H,1-11H2. The molecule has 0 spiro atoms. The van der Waals surface area contributed by atoms with E-state index < -0.39 is 17.5 Å². The fourth-order valence-corrected chi connectivity index (χ4v) is 3.66. The molecule has 0 aromatic heterocycles. The van der Waals surface area contributed by atoms with Gasteiger partial charge in [0.15, 0.2) is 0 Å². The molecule has 2 nitrogen and oxygen atoms in total. The van der Waals surface area contributed by atoms with Crippen LogP contribution in [0.4, 0.5) is 13.2 Å². The summed E-state index contributed by atoms with van der Waals surface area (Å²) < 4.78 is 38.5. The molecule has 20 heavy (non-hydrogen) atoms. The van der Waals surface area contributed by atoms with Gasteiger partial charge in [0.2, 0.25) is 0 Å². The Morgan fingerprint density at radius 3 is 2.30 bits per heavy atom. The van der Waals surface area contributed by atoms with E-state index in [4.69, 9.17) is 0 Å². The van der Waals surface area contributed by atoms with Crippen LogP contribution in [0.2, 0.25) is 0 Å². The largest absolute Gasteiger partial charge is 0.393 e. The third-order valence-electron chi connectivity index (χ3n) is 4.86. The van der Waals surface area contributed by atoms with E-state index in [1.807, 2.05) is 4.90 Å². The van der Waals surface area contributed by atoms with Crippen molar-refractivity contribution in [2.24, 2.45) is 11.3 Å². The van der Waals surface area contributed by atoms with E-state index in [9.17, 15) is 18.0 Å². The zero-order valence-electron chi connectivity index (χ0n) is 11.9.